The van der Waals surface area contributed by atoms with Gasteiger partial charge in [-0.3, -0.25) is 4.79 Å². The van der Waals surface area contributed by atoms with Gasteiger partial charge in [-0.2, -0.15) is 0 Å². The molecule has 2 aromatic rings. The van der Waals surface area contributed by atoms with Gasteiger partial charge >= 0.3 is 0 Å². The van der Waals surface area contributed by atoms with Crippen LogP contribution in [0.1, 0.15) is 36.1 Å². The van der Waals surface area contributed by atoms with Gasteiger partial charge in [0.1, 0.15) is 0 Å². The Morgan fingerprint density at radius 3 is 2.80 bits per heavy atom. The number of carbonyl (C=O) groups is 1. The van der Waals surface area contributed by atoms with Gasteiger partial charge in [-0.1, -0.05) is 36.4 Å². The molecule has 0 bridgehead atoms. The molecule has 3 heterocycles. The number of benzene rings is 1. The van der Waals surface area contributed by atoms with Crippen molar-refractivity contribution in [3.8, 4) is 11.3 Å². The minimum atomic E-state index is 0.0282. The van der Waals surface area contributed by atoms with E-state index < -0.39 is 0 Å². The lowest BCUT2D eigenvalue weighted by molar-refractivity contribution is -0.136. The molecular weight excluding hydrogens is 396 g/mol. The zero-order valence-corrected chi connectivity index (χ0v) is 18.2. The summed E-state index contributed by atoms with van der Waals surface area (Å²) < 4.78 is 0. The molecule has 1 spiro atoms. The van der Waals surface area contributed by atoms with Crippen LogP contribution in [-0.4, -0.2) is 47.0 Å². The highest BCUT2D eigenvalue weighted by Gasteiger charge is 2.49. The average Bonchev–Trinajstić information content (AvgIpc) is 3.19. The number of rotatable bonds is 3. The van der Waals surface area contributed by atoms with E-state index in [4.69, 9.17) is 21.6 Å². The van der Waals surface area contributed by atoms with Crippen molar-refractivity contribution in [2.24, 2.45) is 5.41 Å². The molecule has 0 radical (unpaired) electrons. The molecule has 2 fully saturated rings. The van der Waals surface area contributed by atoms with E-state index in [2.05, 4.69) is 23.6 Å². The number of carbonyl (C=O) groups excluding carboxylic acids is 1. The molecule has 0 atom stereocenters. The second-order valence-electron chi connectivity index (χ2n) is 9.01. The van der Waals surface area contributed by atoms with Crippen molar-refractivity contribution in [3.63, 3.8) is 0 Å². The largest absolute Gasteiger partial charge is 0.340 e. The van der Waals surface area contributed by atoms with Crippen LogP contribution in [0.15, 0.2) is 30.9 Å². The fourth-order valence-electron chi connectivity index (χ4n) is 5.19. The van der Waals surface area contributed by atoms with Gasteiger partial charge in [0.25, 0.3) is 0 Å². The highest BCUT2D eigenvalue weighted by molar-refractivity contribution is 6.34. The van der Waals surface area contributed by atoms with Crippen LogP contribution in [-0.2, 0) is 17.6 Å². The minimum absolute atomic E-state index is 0.0282. The van der Waals surface area contributed by atoms with Crippen LogP contribution < -0.4 is 4.90 Å². The molecule has 0 saturated carbocycles. The lowest BCUT2D eigenvalue weighted by Gasteiger charge is -2.47. The molecule has 156 valence electrons. The van der Waals surface area contributed by atoms with Gasteiger partial charge in [-0.05, 0) is 50.7 Å². The van der Waals surface area contributed by atoms with Crippen molar-refractivity contribution in [1.29, 1.82) is 0 Å². The normalized spacial score (nSPS) is 19.5. The van der Waals surface area contributed by atoms with E-state index in [1.165, 1.54) is 30.2 Å². The van der Waals surface area contributed by atoms with Crippen LogP contribution >= 0.6 is 11.6 Å². The maximum atomic E-state index is 11.9. The Morgan fingerprint density at radius 1 is 1.20 bits per heavy atom. The van der Waals surface area contributed by atoms with Crippen molar-refractivity contribution in [2.45, 2.75) is 39.0 Å². The molecule has 1 aromatic heterocycles. The first kappa shape index (κ1) is 19.6. The van der Waals surface area contributed by atoms with Crippen LogP contribution in [0, 0.1) is 12.3 Å². The Kier molecular flexibility index (Phi) is 4.81. The Balaban J connectivity index is 1.48. The number of hydrogen-bond donors (Lipinski definition) is 0. The molecule has 5 rings (SSSR count). The summed E-state index contributed by atoms with van der Waals surface area (Å²) in [7, 11) is 0. The second kappa shape index (κ2) is 7.38. The lowest BCUT2D eigenvalue weighted by atomic mass is 9.79. The predicted octanol–water partition coefficient (Wildman–Crippen LogP) is 4.21. The summed E-state index contributed by atoms with van der Waals surface area (Å²) in [4.78, 5) is 26.1. The van der Waals surface area contributed by atoms with E-state index in [-0.39, 0.29) is 11.3 Å². The van der Waals surface area contributed by atoms with Gasteiger partial charge in [0, 0.05) is 48.4 Å². The molecule has 1 amide bonds. The molecule has 0 unspecified atom stereocenters. The van der Waals surface area contributed by atoms with Gasteiger partial charge in [-0.25, -0.2) is 9.97 Å². The third-order valence-electron chi connectivity index (χ3n) is 6.88. The van der Waals surface area contributed by atoms with E-state index in [0.717, 1.165) is 73.2 Å². The summed E-state index contributed by atoms with van der Waals surface area (Å²) in [6.45, 7) is 9.07. The van der Waals surface area contributed by atoms with E-state index in [1.807, 2.05) is 17.9 Å². The number of amides is 1. The Morgan fingerprint density at radius 2 is 2.00 bits per heavy atom. The van der Waals surface area contributed by atoms with E-state index in [1.54, 1.807) is 0 Å². The van der Waals surface area contributed by atoms with E-state index >= 15 is 0 Å². The summed E-state index contributed by atoms with van der Waals surface area (Å²) in [6, 6.07) is 6.17. The number of fused-ring (bicyclic) bond motifs is 1. The maximum Gasteiger partial charge on any atom is 0.245 e. The zero-order chi connectivity index (χ0) is 20.9. The van der Waals surface area contributed by atoms with E-state index in [9.17, 15) is 4.79 Å². The third kappa shape index (κ3) is 3.20. The standard InChI is InChI=1S/C24H27ClN4O/c1-3-20(30)29-14-24(15-29)11-12-28(13-24)23-26-19-10-5-4-8-17(19)22(27-23)18-9-6-7-16(2)21(18)25/h3,6-7,9H,1,4-5,8,10-15H2,2H3. The number of aryl methyl sites for hydroxylation is 2. The Bertz CT molecular complexity index is 1030. The fourth-order valence-corrected chi connectivity index (χ4v) is 5.40. The van der Waals surface area contributed by atoms with Gasteiger partial charge in [-0.15, -0.1) is 0 Å². The fraction of sp³-hybridized carbons (Fsp3) is 0.458. The average molecular weight is 423 g/mol. The number of halogens is 1. The van der Waals surface area contributed by atoms with Gasteiger partial charge in [0.2, 0.25) is 11.9 Å². The van der Waals surface area contributed by atoms with Crippen LogP contribution in [0.3, 0.4) is 0 Å². The second-order valence-corrected chi connectivity index (χ2v) is 9.39. The topological polar surface area (TPSA) is 49.3 Å². The molecule has 30 heavy (non-hydrogen) atoms. The smallest absolute Gasteiger partial charge is 0.245 e. The first-order valence-electron chi connectivity index (χ1n) is 10.8. The van der Waals surface area contributed by atoms with Crippen molar-refractivity contribution in [3.05, 3.63) is 52.7 Å². The molecular formula is C24H27ClN4O. The SMILES string of the molecule is C=CC(=O)N1CC2(CCN(c3nc4c(c(-c5cccc(C)c5Cl)n3)CCCC4)C2)C1. The van der Waals surface area contributed by atoms with Gasteiger partial charge in [0.15, 0.2) is 0 Å². The summed E-state index contributed by atoms with van der Waals surface area (Å²) in [5.74, 6) is 0.842. The highest BCUT2D eigenvalue weighted by atomic mass is 35.5. The van der Waals surface area contributed by atoms with Crippen molar-refractivity contribution < 1.29 is 4.79 Å². The number of anilines is 1. The quantitative estimate of drug-likeness (QED) is 0.695. The molecule has 0 N–H and O–H groups in total. The molecule has 6 heteroatoms. The molecule has 1 aliphatic carbocycles. The highest BCUT2D eigenvalue weighted by Crippen LogP contribution is 2.42. The monoisotopic (exact) mass is 422 g/mol. The van der Waals surface area contributed by atoms with Crippen molar-refractivity contribution in [2.75, 3.05) is 31.1 Å². The molecule has 5 nitrogen and oxygen atoms in total. The lowest BCUT2D eigenvalue weighted by Crippen LogP contribution is -2.59. The minimum Gasteiger partial charge on any atom is -0.340 e. The van der Waals surface area contributed by atoms with Crippen LogP contribution in [0.25, 0.3) is 11.3 Å². The predicted molar refractivity (Wildman–Crippen MR) is 120 cm³/mol. The number of nitrogens with zero attached hydrogens (tertiary/aromatic N) is 4. The Hall–Kier alpha value is -2.40. The summed E-state index contributed by atoms with van der Waals surface area (Å²) in [5.41, 5.74) is 5.69. The molecule has 2 aliphatic heterocycles. The van der Waals surface area contributed by atoms with Gasteiger partial charge < -0.3 is 9.80 Å². The third-order valence-corrected chi connectivity index (χ3v) is 7.38. The summed E-state index contributed by atoms with van der Waals surface area (Å²) in [6.07, 6.45) is 6.83. The van der Waals surface area contributed by atoms with Crippen LogP contribution in [0.5, 0.6) is 0 Å². The number of hydrogen-bond acceptors (Lipinski definition) is 4. The molecule has 3 aliphatic rings. The summed E-state index contributed by atoms with van der Waals surface area (Å²) >= 11 is 6.70. The first-order valence-corrected chi connectivity index (χ1v) is 11.2. The Labute approximate surface area is 182 Å². The van der Waals surface area contributed by atoms with Crippen molar-refractivity contribution in [1.82, 2.24) is 14.9 Å². The maximum absolute atomic E-state index is 11.9. The first-order chi connectivity index (χ1) is 14.5. The summed E-state index contributed by atoms with van der Waals surface area (Å²) in [5, 5.41) is 0.783. The number of aromatic nitrogens is 2. The molecule has 2 saturated heterocycles. The van der Waals surface area contributed by atoms with Crippen molar-refractivity contribution >= 4 is 23.5 Å². The van der Waals surface area contributed by atoms with Crippen LogP contribution in [0.2, 0.25) is 5.02 Å². The van der Waals surface area contributed by atoms with Crippen LogP contribution in [0.4, 0.5) is 5.95 Å². The zero-order valence-electron chi connectivity index (χ0n) is 17.5. The van der Waals surface area contributed by atoms with E-state index in [0.29, 0.717) is 0 Å². The molecule has 1 aromatic carbocycles. The number of likely N-dealkylation sites (tertiary alicyclic amines) is 1. The van der Waals surface area contributed by atoms with Gasteiger partial charge in [0.05, 0.1) is 10.7 Å².